The minimum absolute atomic E-state index is 0.0329. The van der Waals surface area contributed by atoms with Gasteiger partial charge in [-0.3, -0.25) is 0 Å². The summed E-state index contributed by atoms with van der Waals surface area (Å²) in [5.74, 6) is -2.25. The lowest BCUT2D eigenvalue weighted by atomic mass is 10.1. The molecule has 1 aromatic rings. The first-order chi connectivity index (χ1) is 8.65. The molecule has 1 N–H and O–H groups in total. The lowest BCUT2D eigenvalue weighted by molar-refractivity contribution is -0.120. The van der Waals surface area contributed by atoms with Crippen LogP contribution in [0.25, 0.3) is 0 Å². The lowest BCUT2D eigenvalue weighted by Gasteiger charge is -2.30. The summed E-state index contributed by atoms with van der Waals surface area (Å²) in [6.07, 6.45) is -4.57. The van der Waals surface area contributed by atoms with E-state index in [1.807, 2.05) is 0 Å². The van der Waals surface area contributed by atoms with Crippen LogP contribution in [0.5, 0.6) is 0 Å². The normalized spacial score (nSPS) is 12.1. The van der Waals surface area contributed by atoms with Gasteiger partial charge in [0, 0.05) is 6.04 Å². The van der Waals surface area contributed by atoms with Crippen LogP contribution in [0.3, 0.4) is 0 Å². The summed E-state index contributed by atoms with van der Waals surface area (Å²) >= 11 is 0. The van der Waals surface area contributed by atoms with E-state index < -0.39 is 42.7 Å². The Balaban J connectivity index is 3.23. The highest BCUT2D eigenvalue weighted by atomic mass is 19.4. The number of halogens is 5. The molecule has 0 aliphatic heterocycles. The molecule has 0 atom stereocenters. The van der Waals surface area contributed by atoms with Crippen LogP contribution in [0.4, 0.5) is 27.6 Å². The van der Waals surface area contributed by atoms with Crippen LogP contribution in [0.1, 0.15) is 19.4 Å². The van der Waals surface area contributed by atoms with Gasteiger partial charge in [-0.1, -0.05) is 0 Å². The zero-order chi connectivity index (χ0) is 14.8. The van der Waals surface area contributed by atoms with Gasteiger partial charge in [0.25, 0.3) is 0 Å². The number of rotatable bonds is 4. The molecule has 0 aliphatic carbocycles. The van der Waals surface area contributed by atoms with E-state index in [-0.39, 0.29) is 5.56 Å². The van der Waals surface area contributed by atoms with Crippen molar-refractivity contribution >= 4 is 5.69 Å². The molecule has 0 aromatic heterocycles. The lowest BCUT2D eigenvalue weighted by Crippen LogP contribution is -2.40. The Hall–Kier alpha value is -1.37. The van der Waals surface area contributed by atoms with Gasteiger partial charge >= 0.3 is 6.18 Å². The number of aliphatic hydroxyl groups excluding tert-OH is 1. The molecule has 2 nitrogen and oxygen atoms in total. The summed E-state index contributed by atoms with van der Waals surface area (Å²) in [5.41, 5.74) is -0.765. The van der Waals surface area contributed by atoms with Crippen LogP contribution in [0.15, 0.2) is 12.1 Å². The van der Waals surface area contributed by atoms with E-state index in [1.54, 1.807) is 0 Å². The first-order valence-electron chi connectivity index (χ1n) is 5.58. The second-order valence-electron chi connectivity index (χ2n) is 4.40. The van der Waals surface area contributed by atoms with Crippen molar-refractivity contribution < 1.29 is 27.1 Å². The van der Waals surface area contributed by atoms with Gasteiger partial charge in [-0.15, -0.1) is 0 Å². The quantitative estimate of drug-likeness (QED) is 0.858. The highest BCUT2D eigenvalue weighted by molar-refractivity contribution is 5.51. The molecule has 0 unspecified atom stereocenters. The molecule has 0 fully saturated rings. The first kappa shape index (κ1) is 15.7. The molecule has 0 aliphatic rings. The minimum atomic E-state index is -4.57. The molecule has 1 rings (SSSR count). The van der Waals surface area contributed by atoms with Crippen LogP contribution >= 0.6 is 0 Å². The molecule has 7 heteroatoms. The molecule has 0 saturated carbocycles. The van der Waals surface area contributed by atoms with Crippen LogP contribution in [-0.4, -0.2) is 23.9 Å². The molecule has 0 amide bonds. The number of aliphatic hydroxyl groups is 1. The van der Waals surface area contributed by atoms with Crippen LogP contribution in [-0.2, 0) is 6.61 Å². The van der Waals surface area contributed by atoms with Gasteiger partial charge < -0.3 is 10.0 Å². The van der Waals surface area contributed by atoms with E-state index >= 15 is 0 Å². The fourth-order valence-corrected chi connectivity index (χ4v) is 1.70. The van der Waals surface area contributed by atoms with Crippen molar-refractivity contribution in [3.63, 3.8) is 0 Å². The third-order valence-corrected chi connectivity index (χ3v) is 2.52. The van der Waals surface area contributed by atoms with E-state index in [0.717, 1.165) is 12.1 Å². The Morgan fingerprint density at radius 3 is 1.95 bits per heavy atom. The van der Waals surface area contributed by atoms with Gasteiger partial charge in [0.05, 0.1) is 6.61 Å². The predicted molar refractivity (Wildman–Crippen MR) is 60.8 cm³/mol. The van der Waals surface area contributed by atoms with E-state index in [9.17, 15) is 22.0 Å². The Bertz CT molecular complexity index is 421. The van der Waals surface area contributed by atoms with E-state index in [1.165, 1.54) is 13.8 Å². The van der Waals surface area contributed by atoms with Crippen molar-refractivity contribution in [1.29, 1.82) is 0 Å². The highest BCUT2D eigenvalue weighted by Gasteiger charge is 2.34. The highest BCUT2D eigenvalue weighted by Crippen LogP contribution is 2.30. The smallest absolute Gasteiger partial charge is 0.392 e. The summed E-state index contributed by atoms with van der Waals surface area (Å²) in [7, 11) is 0. The van der Waals surface area contributed by atoms with Crippen molar-refractivity contribution in [3.8, 4) is 0 Å². The zero-order valence-electron chi connectivity index (χ0n) is 10.4. The maximum Gasteiger partial charge on any atom is 0.405 e. The molecular weight excluding hydrogens is 269 g/mol. The Morgan fingerprint density at radius 2 is 1.63 bits per heavy atom. The van der Waals surface area contributed by atoms with E-state index in [4.69, 9.17) is 5.11 Å². The SMILES string of the molecule is CC(C)N(CC(F)(F)F)c1c(F)cc(CO)cc1F. The van der Waals surface area contributed by atoms with Gasteiger partial charge in [0.2, 0.25) is 0 Å². The molecule has 0 bridgehead atoms. The van der Waals surface area contributed by atoms with E-state index in [2.05, 4.69) is 0 Å². The van der Waals surface area contributed by atoms with Crippen molar-refractivity contribution in [1.82, 2.24) is 0 Å². The Kier molecular flexibility index (Phi) is 4.73. The maximum atomic E-state index is 13.7. The fourth-order valence-electron chi connectivity index (χ4n) is 1.70. The maximum absolute atomic E-state index is 13.7. The molecule has 108 valence electrons. The van der Waals surface area contributed by atoms with Gasteiger partial charge in [-0.25, -0.2) is 8.78 Å². The summed E-state index contributed by atoms with van der Waals surface area (Å²) < 4.78 is 64.7. The molecule has 0 heterocycles. The van der Waals surface area contributed by atoms with Crippen molar-refractivity contribution in [2.45, 2.75) is 32.7 Å². The molecule has 0 saturated heterocycles. The Labute approximate surface area is 107 Å². The topological polar surface area (TPSA) is 23.5 Å². The van der Waals surface area contributed by atoms with Crippen LogP contribution < -0.4 is 4.90 Å². The molecule has 1 aromatic carbocycles. The number of hydrogen-bond acceptors (Lipinski definition) is 2. The standard InChI is InChI=1S/C12H14F5NO/c1-7(2)18(6-12(15,16)17)11-9(13)3-8(5-19)4-10(11)14/h3-4,7,19H,5-6H2,1-2H3. The van der Waals surface area contributed by atoms with Crippen LogP contribution in [0, 0.1) is 11.6 Å². The minimum Gasteiger partial charge on any atom is -0.392 e. The summed E-state index contributed by atoms with van der Waals surface area (Å²) in [6.45, 7) is 0.779. The largest absolute Gasteiger partial charge is 0.405 e. The number of anilines is 1. The predicted octanol–water partition coefficient (Wildman–Crippen LogP) is 3.23. The number of benzene rings is 1. The van der Waals surface area contributed by atoms with Crippen LogP contribution in [0.2, 0.25) is 0 Å². The first-order valence-corrected chi connectivity index (χ1v) is 5.58. The average Bonchev–Trinajstić information content (AvgIpc) is 2.24. The summed E-state index contributed by atoms with van der Waals surface area (Å²) in [4.78, 5) is 0.603. The van der Waals surface area contributed by atoms with Gasteiger partial charge in [0.15, 0.2) is 0 Å². The second-order valence-corrected chi connectivity index (χ2v) is 4.40. The van der Waals surface area contributed by atoms with Crippen molar-refractivity contribution in [2.75, 3.05) is 11.4 Å². The monoisotopic (exact) mass is 283 g/mol. The second kappa shape index (κ2) is 5.73. The third kappa shape index (κ3) is 4.05. The average molecular weight is 283 g/mol. The van der Waals surface area contributed by atoms with Gasteiger partial charge in [0.1, 0.15) is 23.9 Å². The summed E-state index contributed by atoms with van der Waals surface area (Å²) in [6, 6.07) is 0.916. The summed E-state index contributed by atoms with van der Waals surface area (Å²) in [5, 5.41) is 8.78. The Morgan fingerprint density at radius 1 is 1.16 bits per heavy atom. The third-order valence-electron chi connectivity index (χ3n) is 2.52. The van der Waals surface area contributed by atoms with Crippen molar-refractivity contribution in [2.24, 2.45) is 0 Å². The van der Waals surface area contributed by atoms with Crippen molar-refractivity contribution in [3.05, 3.63) is 29.3 Å². The molecule has 0 spiro atoms. The fraction of sp³-hybridized carbons (Fsp3) is 0.500. The van der Waals surface area contributed by atoms with Gasteiger partial charge in [-0.2, -0.15) is 13.2 Å². The van der Waals surface area contributed by atoms with Gasteiger partial charge in [-0.05, 0) is 31.5 Å². The zero-order valence-corrected chi connectivity index (χ0v) is 10.4. The molecule has 19 heavy (non-hydrogen) atoms. The van der Waals surface area contributed by atoms with E-state index in [0.29, 0.717) is 4.90 Å². The molecule has 0 radical (unpaired) electrons. The number of nitrogens with zero attached hydrogens (tertiary/aromatic N) is 1. The molecular formula is C12H14F5NO. The number of alkyl halides is 3. The number of hydrogen-bond donors (Lipinski definition) is 1.